The van der Waals surface area contributed by atoms with Crippen molar-refractivity contribution in [1.82, 2.24) is 10.2 Å². The van der Waals surface area contributed by atoms with Gasteiger partial charge in [-0.25, -0.2) is 0 Å². The summed E-state index contributed by atoms with van der Waals surface area (Å²) in [4.78, 5) is 28.1. The number of para-hydroxylation sites is 1. The van der Waals surface area contributed by atoms with Crippen molar-refractivity contribution in [3.63, 3.8) is 0 Å². The Kier molecular flexibility index (Phi) is 6.24. The van der Waals surface area contributed by atoms with Crippen LogP contribution in [0, 0.1) is 17.8 Å². The Morgan fingerprint density at radius 1 is 0.879 bits per heavy atom. The molecule has 1 heterocycles. The number of benzene rings is 2. The maximum Gasteiger partial charge on any atom is 0.230 e. The highest BCUT2D eigenvalue weighted by Crippen LogP contribution is 2.35. The third-order valence-corrected chi connectivity index (χ3v) is 7.24. The van der Waals surface area contributed by atoms with Gasteiger partial charge in [-0.2, -0.15) is 0 Å². The first-order valence-corrected chi connectivity index (χ1v) is 12.5. The molecule has 2 N–H and O–H groups in total. The van der Waals surface area contributed by atoms with Crippen molar-refractivity contribution in [2.75, 3.05) is 25.0 Å². The lowest BCUT2D eigenvalue weighted by molar-refractivity contribution is -0.125. The number of hydrogen-bond donors (Lipinski definition) is 2. The molecule has 5 rings (SSSR count). The Balaban J connectivity index is 1.34. The van der Waals surface area contributed by atoms with E-state index in [1.54, 1.807) is 0 Å². The van der Waals surface area contributed by atoms with Crippen LogP contribution in [0.15, 0.2) is 48.5 Å². The van der Waals surface area contributed by atoms with Crippen LogP contribution in [0.4, 0.5) is 5.69 Å². The van der Waals surface area contributed by atoms with Crippen molar-refractivity contribution < 1.29 is 9.59 Å². The summed E-state index contributed by atoms with van der Waals surface area (Å²) in [5.74, 6) is 1.65. The summed E-state index contributed by atoms with van der Waals surface area (Å²) < 4.78 is 0. The molecule has 2 aromatic carbocycles. The van der Waals surface area contributed by atoms with Crippen LogP contribution >= 0.6 is 0 Å². The first-order valence-electron chi connectivity index (χ1n) is 12.5. The van der Waals surface area contributed by atoms with E-state index in [2.05, 4.69) is 53.6 Å². The number of nitrogens with one attached hydrogen (secondary N) is 2. The zero-order valence-corrected chi connectivity index (χ0v) is 19.7. The average Bonchev–Trinajstić information content (AvgIpc) is 3.69. The summed E-state index contributed by atoms with van der Waals surface area (Å²) >= 11 is 0. The summed E-state index contributed by atoms with van der Waals surface area (Å²) in [6.07, 6.45) is 4.60. The molecule has 1 unspecified atom stereocenters. The van der Waals surface area contributed by atoms with E-state index in [1.807, 2.05) is 24.3 Å². The number of amides is 2. The second-order valence-corrected chi connectivity index (χ2v) is 10.5. The number of carbonyl (C=O) groups is 2. The summed E-state index contributed by atoms with van der Waals surface area (Å²) in [6, 6.07) is 16.1. The van der Waals surface area contributed by atoms with Gasteiger partial charge in [-0.1, -0.05) is 56.3 Å². The molecule has 2 saturated carbocycles. The van der Waals surface area contributed by atoms with E-state index in [9.17, 15) is 9.59 Å². The van der Waals surface area contributed by atoms with Crippen LogP contribution in [0.1, 0.15) is 68.2 Å². The summed E-state index contributed by atoms with van der Waals surface area (Å²) in [6.45, 7) is 7.20. The molecule has 3 aliphatic rings. The molecule has 5 heteroatoms. The molecule has 0 bridgehead atoms. The van der Waals surface area contributed by atoms with Crippen molar-refractivity contribution in [3.8, 4) is 0 Å². The Labute approximate surface area is 196 Å². The molecule has 174 valence electrons. The van der Waals surface area contributed by atoms with Crippen LogP contribution < -0.4 is 10.6 Å². The molecule has 1 atom stereocenters. The Hall–Kier alpha value is -2.66. The fourth-order valence-electron chi connectivity index (χ4n) is 4.67. The second kappa shape index (κ2) is 9.30. The van der Waals surface area contributed by atoms with Crippen molar-refractivity contribution in [1.29, 1.82) is 0 Å². The van der Waals surface area contributed by atoms with E-state index in [0.29, 0.717) is 5.92 Å². The number of anilines is 1. The highest BCUT2D eigenvalue weighted by molar-refractivity contribution is 5.94. The molecule has 2 amide bonds. The molecule has 3 fully saturated rings. The molecule has 0 aromatic heterocycles. The fourth-order valence-corrected chi connectivity index (χ4v) is 4.67. The molecular formula is C28H35N3O2. The Morgan fingerprint density at radius 3 is 2.18 bits per heavy atom. The van der Waals surface area contributed by atoms with Crippen LogP contribution in [0.2, 0.25) is 0 Å². The average molecular weight is 446 g/mol. The van der Waals surface area contributed by atoms with Crippen LogP contribution in [0.3, 0.4) is 0 Å². The van der Waals surface area contributed by atoms with Gasteiger partial charge in [0.15, 0.2) is 0 Å². The standard InChI is InChI=1S/C28H35N3O2/c1-18(2)20-9-11-21(12-10-20)26(30-27(32)22-13-14-22)24-5-3-4-6-25(24)29-28(33)23-16-31(17-23)15-19-7-8-19/h3-6,9-12,18-19,22-23,26H,7-8,13-17H2,1-2H3,(H,29,33)(H,30,32). The first-order chi connectivity index (χ1) is 16.0. The van der Waals surface area contributed by atoms with E-state index < -0.39 is 0 Å². The van der Waals surface area contributed by atoms with Crippen LogP contribution in [0.25, 0.3) is 0 Å². The lowest BCUT2D eigenvalue weighted by Gasteiger charge is -2.38. The predicted octanol–water partition coefficient (Wildman–Crippen LogP) is 4.71. The summed E-state index contributed by atoms with van der Waals surface area (Å²) in [7, 11) is 0. The molecular weight excluding hydrogens is 410 g/mol. The number of likely N-dealkylation sites (tertiary alicyclic amines) is 1. The zero-order chi connectivity index (χ0) is 22.9. The van der Waals surface area contributed by atoms with Gasteiger partial charge in [0.2, 0.25) is 11.8 Å². The van der Waals surface area contributed by atoms with Crippen molar-refractivity contribution in [2.45, 2.75) is 51.5 Å². The third kappa shape index (κ3) is 5.30. The third-order valence-electron chi connectivity index (χ3n) is 7.24. The van der Waals surface area contributed by atoms with E-state index in [1.165, 1.54) is 18.4 Å². The molecule has 0 radical (unpaired) electrons. The minimum absolute atomic E-state index is 0.0432. The summed E-state index contributed by atoms with van der Waals surface area (Å²) in [5, 5.41) is 6.45. The lowest BCUT2D eigenvalue weighted by atomic mass is 9.93. The van der Waals surface area contributed by atoms with Crippen molar-refractivity contribution >= 4 is 17.5 Å². The number of rotatable bonds is 9. The van der Waals surface area contributed by atoms with Gasteiger partial charge in [-0.3, -0.25) is 9.59 Å². The quantitative estimate of drug-likeness (QED) is 0.588. The molecule has 33 heavy (non-hydrogen) atoms. The zero-order valence-electron chi connectivity index (χ0n) is 19.7. The minimum atomic E-state index is -0.288. The van der Waals surface area contributed by atoms with Crippen molar-refractivity contribution in [3.05, 3.63) is 65.2 Å². The maximum absolute atomic E-state index is 13.0. The van der Waals surface area contributed by atoms with E-state index in [0.717, 1.165) is 55.2 Å². The van der Waals surface area contributed by atoms with Gasteiger partial charge in [0.05, 0.1) is 12.0 Å². The number of nitrogens with zero attached hydrogens (tertiary/aromatic N) is 1. The topological polar surface area (TPSA) is 61.4 Å². The molecule has 5 nitrogen and oxygen atoms in total. The number of hydrogen-bond acceptors (Lipinski definition) is 3. The molecule has 1 aliphatic heterocycles. The molecule has 0 spiro atoms. The van der Waals surface area contributed by atoms with Gasteiger partial charge in [-0.05, 0) is 54.7 Å². The highest BCUT2D eigenvalue weighted by Gasteiger charge is 2.36. The monoisotopic (exact) mass is 445 g/mol. The van der Waals surface area contributed by atoms with E-state index in [4.69, 9.17) is 0 Å². The molecule has 1 saturated heterocycles. The predicted molar refractivity (Wildman–Crippen MR) is 131 cm³/mol. The van der Waals surface area contributed by atoms with Crippen molar-refractivity contribution in [2.24, 2.45) is 17.8 Å². The summed E-state index contributed by atoms with van der Waals surface area (Å²) in [5.41, 5.74) is 4.03. The Bertz CT molecular complexity index is 1000. The number of carbonyl (C=O) groups excluding carboxylic acids is 2. The fraction of sp³-hybridized carbons (Fsp3) is 0.500. The van der Waals surface area contributed by atoms with Gasteiger partial charge in [0, 0.05) is 36.8 Å². The highest BCUT2D eigenvalue weighted by atomic mass is 16.2. The van der Waals surface area contributed by atoms with Crippen LogP contribution in [0.5, 0.6) is 0 Å². The second-order valence-electron chi connectivity index (χ2n) is 10.5. The largest absolute Gasteiger partial charge is 0.345 e. The Morgan fingerprint density at radius 2 is 1.55 bits per heavy atom. The van der Waals surface area contributed by atoms with Crippen LogP contribution in [-0.2, 0) is 9.59 Å². The van der Waals surface area contributed by atoms with Gasteiger partial charge >= 0.3 is 0 Å². The SMILES string of the molecule is CC(C)c1ccc(C(NC(=O)C2CC2)c2ccccc2NC(=O)C2CN(CC3CC3)C2)cc1. The molecule has 2 aromatic rings. The smallest absolute Gasteiger partial charge is 0.230 e. The molecule has 2 aliphatic carbocycles. The van der Waals surface area contributed by atoms with Gasteiger partial charge in [0.1, 0.15) is 0 Å². The van der Waals surface area contributed by atoms with Crippen LogP contribution in [-0.4, -0.2) is 36.3 Å². The minimum Gasteiger partial charge on any atom is -0.345 e. The normalized spacial score (nSPS) is 19.7. The van der Waals surface area contributed by atoms with Gasteiger partial charge in [0.25, 0.3) is 0 Å². The van der Waals surface area contributed by atoms with Gasteiger partial charge < -0.3 is 15.5 Å². The van der Waals surface area contributed by atoms with Gasteiger partial charge in [-0.15, -0.1) is 0 Å². The maximum atomic E-state index is 13.0. The first kappa shape index (κ1) is 22.1. The van der Waals surface area contributed by atoms with E-state index >= 15 is 0 Å². The lowest BCUT2D eigenvalue weighted by Crippen LogP contribution is -2.52. The van der Waals surface area contributed by atoms with E-state index in [-0.39, 0.29) is 29.7 Å².